The van der Waals surface area contributed by atoms with Crippen LogP contribution in [0.5, 0.6) is 0 Å². The van der Waals surface area contributed by atoms with E-state index in [0.29, 0.717) is 17.3 Å². The van der Waals surface area contributed by atoms with E-state index in [1.807, 2.05) is 30.3 Å². The second-order valence-corrected chi connectivity index (χ2v) is 10.3. The van der Waals surface area contributed by atoms with E-state index in [0.717, 1.165) is 28.8 Å². The fraction of sp³-hybridized carbons (Fsp3) is 0.208. The summed E-state index contributed by atoms with van der Waals surface area (Å²) in [7, 11) is -4.28. The molecular weight excluding hydrogens is 485 g/mol. The van der Waals surface area contributed by atoms with E-state index >= 15 is 0 Å². The number of nitrogens with zero attached hydrogens (tertiary/aromatic N) is 1. The van der Waals surface area contributed by atoms with Gasteiger partial charge >= 0.3 is 6.18 Å². The van der Waals surface area contributed by atoms with Crippen molar-refractivity contribution < 1.29 is 26.4 Å². The van der Waals surface area contributed by atoms with Crippen LogP contribution in [0.4, 0.5) is 18.9 Å². The molecule has 0 spiro atoms. The van der Waals surface area contributed by atoms with Gasteiger partial charge in [-0.05, 0) is 54.6 Å². The predicted molar refractivity (Wildman–Crippen MR) is 127 cm³/mol. The van der Waals surface area contributed by atoms with Crippen molar-refractivity contribution in [3.63, 3.8) is 0 Å². The van der Waals surface area contributed by atoms with Gasteiger partial charge in [-0.1, -0.05) is 42.5 Å². The molecule has 0 atom stereocenters. The maximum atomic E-state index is 13.2. The molecule has 1 N–H and O–H groups in total. The van der Waals surface area contributed by atoms with Crippen molar-refractivity contribution in [1.29, 1.82) is 0 Å². The lowest BCUT2D eigenvalue weighted by Crippen LogP contribution is -2.41. The van der Waals surface area contributed by atoms with Crippen molar-refractivity contribution in [2.45, 2.75) is 22.4 Å². The molecule has 0 aliphatic heterocycles. The first kappa shape index (κ1) is 25.6. The highest BCUT2D eigenvalue weighted by Crippen LogP contribution is 2.33. The van der Waals surface area contributed by atoms with Crippen molar-refractivity contribution in [3.8, 4) is 0 Å². The molecule has 0 aliphatic carbocycles. The monoisotopic (exact) mass is 508 g/mol. The van der Waals surface area contributed by atoms with Crippen molar-refractivity contribution in [2.75, 3.05) is 23.1 Å². The number of amides is 1. The largest absolute Gasteiger partial charge is 0.416 e. The number of halogens is 3. The molecule has 180 valence electrons. The first-order chi connectivity index (χ1) is 16.2. The Kier molecular flexibility index (Phi) is 8.62. The van der Waals surface area contributed by atoms with Gasteiger partial charge < -0.3 is 5.32 Å². The normalized spacial score (nSPS) is 11.7. The quantitative estimate of drug-likeness (QED) is 0.302. The Morgan fingerprint density at radius 2 is 1.56 bits per heavy atom. The Hall–Kier alpha value is -2.98. The summed E-state index contributed by atoms with van der Waals surface area (Å²) >= 11 is 1.62. The first-order valence-electron chi connectivity index (χ1n) is 10.4. The molecule has 34 heavy (non-hydrogen) atoms. The number of carbonyl (C=O) groups excluding carboxylic acids is 1. The highest BCUT2D eigenvalue weighted by Gasteiger charge is 2.33. The average Bonchev–Trinajstić information content (AvgIpc) is 2.83. The van der Waals surface area contributed by atoms with Gasteiger partial charge in [0.05, 0.1) is 16.1 Å². The molecule has 3 aromatic carbocycles. The molecule has 3 aromatic rings. The zero-order valence-electron chi connectivity index (χ0n) is 18.0. The molecule has 1 amide bonds. The van der Waals surface area contributed by atoms with E-state index in [2.05, 4.69) is 5.32 Å². The second kappa shape index (κ2) is 11.4. The number of carbonyl (C=O) groups is 1. The lowest BCUT2D eigenvalue weighted by atomic mass is 10.2. The molecule has 0 unspecified atom stereocenters. The van der Waals surface area contributed by atoms with Crippen molar-refractivity contribution in [3.05, 3.63) is 90.5 Å². The minimum absolute atomic E-state index is 0.125. The molecule has 0 saturated heterocycles. The Morgan fingerprint density at radius 3 is 2.21 bits per heavy atom. The maximum absolute atomic E-state index is 13.2. The number of hydrogen-bond acceptors (Lipinski definition) is 4. The molecule has 0 radical (unpaired) electrons. The van der Waals surface area contributed by atoms with Crippen LogP contribution in [0, 0.1) is 0 Å². The summed E-state index contributed by atoms with van der Waals surface area (Å²) in [6, 6.07) is 20.9. The van der Waals surface area contributed by atoms with Gasteiger partial charge in [0.2, 0.25) is 5.91 Å². The maximum Gasteiger partial charge on any atom is 0.416 e. The fourth-order valence-electron chi connectivity index (χ4n) is 3.07. The van der Waals surface area contributed by atoms with Crippen LogP contribution in [0.15, 0.2) is 94.7 Å². The number of thioether (sulfide) groups is 1. The molecule has 3 rings (SSSR count). The summed E-state index contributed by atoms with van der Waals surface area (Å²) in [6.07, 6.45) is -4.02. The Labute approximate surface area is 201 Å². The van der Waals surface area contributed by atoms with Crippen LogP contribution >= 0.6 is 11.8 Å². The summed E-state index contributed by atoms with van der Waals surface area (Å²) < 4.78 is 66.8. The highest BCUT2D eigenvalue weighted by molar-refractivity contribution is 7.99. The summed E-state index contributed by atoms with van der Waals surface area (Å²) in [5.41, 5.74) is -1.25. The van der Waals surface area contributed by atoms with Gasteiger partial charge in [0.15, 0.2) is 0 Å². The lowest BCUT2D eigenvalue weighted by Gasteiger charge is -2.25. The molecule has 5 nitrogen and oxygen atoms in total. The van der Waals surface area contributed by atoms with E-state index in [-0.39, 0.29) is 10.6 Å². The number of anilines is 1. The van der Waals surface area contributed by atoms with E-state index in [4.69, 9.17) is 0 Å². The minimum atomic E-state index is -4.66. The number of nitrogens with one attached hydrogen (secondary N) is 1. The van der Waals surface area contributed by atoms with Gasteiger partial charge in [-0.25, -0.2) is 8.42 Å². The van der Waals surface area contributed by atoms with Gasteiger partial charge in [-0.3, -0.25) is 9.10 Å². The van der Waals surface area contributed by atoms with Gasteiger partial charge in [-0.15, -0.1) is 11.8 Å². The Morgan fingerprint density at radius 1 is 0.912 bits per heavy atom. The van der Waals surface area contributed by atoms with Gasteiger partial charge in [-0.2, -0.15) is 13.2 Å². The number of sulfonamides is 1. The third-order valence-corrected chi connectivity index (χ3v) is 7.62. The summed E-state index contributed by atoms with van der Waals surface area (Å²) in [5, 5.41) is 2.66. The van der Waals surface area contributed by atoms with Crippen LogP contribution in [-0.2, 0) is 21.0 Å². The standard InChI is InChI=1S/C24H23F3N2O3S2/c25-24(26,27)19-9-7-10-20(17-19)29(34(31,32)22-13-5-2-6-14-22)18-23(30)28-15-8-16-33-21-11-3-1-4-12-21/h1-7,9-14,17H,8,15-16,18H2,(H,28,30). The molecule has 0 heterocycles. The van der Waals surface area contributed by atoms with Gasteiger partial charge in [0.1, 0.15) is 6.54 Å². The number of alkyl halides is 3. The Balaban J connectivity index is 1.72. The topological polar surface area (TPSA) is 66.5 Å². The van der Waals surface area contributed by atoms with Gasteiger partial charge in [0, 0.05) is 11.4 Å². The van der Waals surface area contributed by atoms with E-state index in [9.17, 15) is 26.4 Å². The molecular formula is C24H23F3N2O3S2. The van der Waals surface area contributed by atoms with Gasteiger partial charge in [0.25, 0.3) is 10.0 Å². The van der Waals surface area contributed by atoms with Crippen LogP contribution in [0.1, 0.15) is 12.0 Å². The number of benzene rings is 3. The summed E-state index contributed by atoms with van der Waals surface area (Å²) in [4.78, 5) is 13.5. The van der Waals surface area contributed by atoms with Crippen LogP contribution in [-0.4, -0.2) is 33.2 Å². The highest BCUT2D eigenvalue weighted by atomic mass is 32.2. The summed E-state index contributed by atoms with van der Waals surface area (Å²) in [6.45, 7) is -0.342. The molecule has 0 fully saturated rings. The minimum Gasteiger partial charge on any atom is -0.354 e. The molecule has 0 bridgehead atoms. The van der Waals surface area contributed by atoms with Crippen molar-refractivity contribution >= 4 is 33.4 Å². The van der Waals surface area contributed by atoms with E-state index in [1.54, 1.807) is 17.8 Å². The van der Waals surface area contributed by atoms with Crippen molar-refractivity contribution in [1.82, 2.24) is 5.32 Å². The second-order valence-electron chi connectivity index (χ2n) is 7.24. The van der Waals surface area contributed by atoms with Crippen LogP contribution < -0.4 is 9.62 Å². The van der Waals surface area contributed by atoms with Crippen LogP contribution in [0.2, 0.25) is 0 Å². The molecule has 0 aliphatic rings. The number of hydrogen-bond donors (Lipinski definition) is 1. The third kappa shape index (κ3) is 7.01. The fourth-order valence-corrected chi connectivity index (χ4v) is 5.37. The molecule has 0 saturated carbocycles. The van der Waals surface area contributed by atoms with E-state index in [1.165, 1.54) is 30.3 Å². The summed E-state index contributed by atoms with van der Waals surface area (Å²) in [5.74, 6) is 0.130. The smallest absolute Gasteiger partial charge is 0.354 e. The van der Waals surface area contributed by atoms with Crippen LogP contribution in [0.25, 0.3) is 0 Å². The third-order valence-electron chi connectivity index (χ3n) is 4.74. The van der Waals surface area contributed by atoms with E-state index < -0.39 is 34.2 Å². The molecule has 0 aromatic heterocycles. The zero-order chi connectivity index (χ0) is 24.6. The van der Waals surface area contributed by atoms with Crippen molar-refractivity contribution in [2.24, 2.45) is 0 Å². The SMILES string of the molecule is O=C(CN(c1cccc(C(F)(F)F)c1)S(=O)(=O)c1ccccc1)NCCCSc1ccccc1. The molecule has 10 heteroatoms. The lowest BCUT2D eigenvalue weighted by molar-refractivity contribution is -0.137. The van der Waals surface area contributed by atoms with Crippen LogP contribution in [0.3, 0.4) is 0 Å². The zero-order valence-corrected chi connectivity index (χ0v) is 19.7. The Bertz CT molecular complexity index is 1190. The number of rotatable bonds is 10. The predicted octanol–water partition coefficient (Wildman–Crippen LogP) is 5.20. The average molecular weight is 509 g/mol. The first-order valence-corrected chi connectivity index (χ1v) is 12.8.